The van der Waals surface area contributed by atoms with E-state index in [2.05, 4.69) is 15.3 Å². The topological polar surface area (TPSA) is 61.3 Å². The van der Waals surface area contributed by atoms with Crippen molar-refractivity contribution >= 4 is 11.6 Å². The molecule has 0 fully saturated rings. The second-order valence-corrected chi connectivity index (χ2v) is 4.48. The number of aliphatic hydroxyl groups is 1. The highest BCUT2D eigenvalue weighted by atomic mass is 16.3. The summed E-state index contributed by atoms with van der Waals surface area (Å²) < 4.78 is 0. The molecule has 0 amide bonds. The average molecular weight is 272 g/mol. The van der Waals surface area contributed by atoms with Crippen molar-refractivity contribution in [2.45, 2.75) is 6.92 Å². The second kappa shape index (κ2) is 6.86. The molecule has 1 heterocycles. The smallest absolute Gasteiger partial charge is 0.163 e. The van der Waals surface area contributed by atoms with E-state index in [9.17, 15) is 0 Å². The fourth-order valence-corrected chi connectivity index (χ4v) is 1.88. The van der Waals surface area contributed by atoms with Crippen molar-refractivity contribution < 1.29 is 5.11 Å². The number of anilines is 2. The molecule has 1 aromatic carbocycles. The largest absolute Gasteiger partial charge is 0.395 e. The molecular formula is C15H20N4O. The fourth-order valence-electron chi connectivity index (χ4n) is 1.88. The normalized spacial score (nSPS) is 10.3. The van der Waals surface area contributed by atoms with Crippen molar-refractivity contribution in [1.29, 1.82) is 0 Å². The molecule has 1 aromatic heterocycles. The Morgan fingerprint density at radius 2 is 1.95 bits per heavy atom. The number of nitrogens with zero attached hydrogens (tertiary/aromatic N) is 3. The van der Waals surface area contributed by atoms with E-state index in [4.69, 9.17) is 5.11 Å². The van der Waals surface area contributed by atoms with Gasteiger partial charge in [0.2, 0.25) is 0 Å². The third-order valence-electron chi connectivity index (χ3n) is 2.93. The zero-order chi connectivity index (χ0) is 14.4. The first-order valence-corrected chi connectivity index (χ1v) is 6.75. The molecule has 0 unspecified atom stereocenters. The van der Waals surface area contributed by atoms with Gasteiger partial charge in [-0.3, -0.25) is 0 Å². The summed E-state index contributed by atoms with van der Waals surface area (Å²) in [5, 5.41) is 12.3. The van der Waals surface area contributed by atoms with Crippen LogP contribution in [-0.2, 0) is 0 Å². The molecule has 2 rings (SSSR count). The Hall–Kier alpha value is -2.14. The van der Waals surface area contributed by atoms with Crippen LogP contribution in [0.2, 0.25) is 0 Å². The van der Waals surface area contributed by atoms with E-state index in [1.165, 1.54) is 0 Å². The summed E-state index contributed by atoms with van der Waals surface area (Å²) >= 11 is 0. The lowest BCUT2D eigenvalue weighted by Crippen LogP contribution is -2.22. The Balaban J connectivity index is 2.41. The van der Waals surface area contributed by atoms with Gasteiger partial charge in [-0.1, -0.05) is 30.3 Å². The van der Waals surface area contributed by atoms with Gasteiger partial charge in [0.05, 0.1) is 6.61 Å². The van der Waals surface area contributed by atoms with Crippen LogP contribution in [0.15, 0.2) is 36.4 Å². The van der Waals surface area contributed by atoms with Gasteiger partial charge in [-0.25, -0.2) is 9.97 Å². The van der Waals surface area contributed by atoms with E-state index in [0.717, 1.165) is 23.7 Å². The zero-order valence-electron chi connectivity index (χ0n) is 11.9. The van der Waals surface area contributed by atoms with Crippen molar-refractivity contribution in [2.75, 3.05) is 37.0 Å². The molecule has 0 aliphatic rings. The Morgan fingerprint density at radius 3 is 2.60 bits per heavy atom. The highest BCUT2D eigenvalue weighted by Crippen LogP contribution is 2.21. The molecule has 20 heavy (non-hydrogen) atoms. The van der Waals surface area contributed by atoms with Crippen LogP contribution in [0.4, 0.5) is 11.6 Å². The standard InChI is InChI=1S/C15H20N4O/c1-3-16-13-11-14(19(2)9-10-20)18-15(17-13)12-7-5-4-6-8-12/h4-8,11,20H,3,9-10H2,1-2H3,(H,16,17,18). The summed E-state index contributed by atoms with van der Waals surface area (Å²) in [6.45, 7) is 3.46. The Bertz CT molecular complexity index is 545. The summed E-state index contributed by atoms with van der Waals surface area (Å²) in [6.07, 6.45) is 0. The molecule has 2 N–H and O–H groups in total. The number of likely N-dealkylation sites (N-methyl/N-ethyl adjacent to an activating group) is 1. The van der Waals surface area contributed by atoms with Crippen molar-refractivity contribution in [3.05, 3.63) is 36.4 Å². The van der Waals surface area contributed by atoms with Crippen molar-refractivity contribution in [3.8, 4) is 11.4 Å². The quantitative estimate of drug-likeness (QED) is 0.842. The fraction of sp³-hybridized carbons (Fsp3) is 0.333. The molecule has 106 valence electrons. The van der Waals surface area contributed by atoms with E-state index >= 15 is 0 Å². The van der Waals surface area contributed by atoms with E-state index in [1.54, 1.807) is 0 Å². The molecule has 0 saturated heterocycles. The molecule has 0 bridgehead atoms. The third kappa shape index (κ3) is 3.45. The Kier molecular flexibility index (Phi) is 4.90. The van der Waals surface area contributed by atoms with E-state index in [1.807, 2.05) is 55.3 Å². The lowest BCUT2D eigenvalue weighted by Gasteiger charge is -2.18. The van der Waals surface area contributed by atoms with Crippen LogP contribution in [0.25, 0.3) is 11.4 Å². The summed E-state index contributed by atoms with van der Waals surface area (Å²) in [6, 6.07) is 11.8. The number of aromatic nitrogens is 2. The van der Waals surface area contributed by atoms with Crippen molar-refractivity contribution in [2.24, 2.45) is 0 Å². The van der Waals surface area contributed by atoms with Gasteiger partial charge in [-0.15, -0.1) is 0 Å². The molecule has 0 spiro atoms. The molecule has 0 aliphatic carbocycles. The average Bonchev–Trinajstić information content (AvgIpc) is 2.48. The summed E-state index contributed by atoms with van der Waals surface area (Å²) in [5.41, 5.74) is 0.978. The van der Waals surface area contributed by atoms with E-state index < -0.39 is 0 Å². The predicted molar refractivity (Wildman–Crippen MR) is 82.0 cm³/mol. The van der Waals surface area contributed by atoms with Crippen LogP contribution in [0.5, 0.6) is 0 Å². The van der Waals surface area contributed by atoms with Crippen LogP contribution in [-0.4, -0.2) is 41.8 Å². The number of nitrogens with one attached hydrogen (secondary N) is 1. The van der Waals surface area contributed by atoms with Gasteiger partial charge in [-0.2, -0.15) is 0 Å². The van der Waals surface area contributed by atoms with Gasteiger partial charge in [0.15, 0.2) is 5.82 Å². The third-order valence-corrected chi connectivity index (χ3v) is 2.93. The minimum atomic E-state index is 0.0950. The maximum Gasteiger partial charge on any atom is 0.163 e. The number of hydrogen-bond acceptors (Lipinski definition) is 5. The molecule has 5 heteroatoms. The lowest BCUT2D eigenvalue weighted by molar-refractivity contribution is 0.304. The zero-order valence-corrected chi connectivity index (χ0v) is 11.9. The number of hydrogen-bond donors (Lipinski definition) is 2. The number of benzene rings is 1. The molecule has 0 aliphatic heterocycles. The highest BCUT2D eigenvalue weighted by molar-refractivity contribution is 5.61. The van der Waals surface area contributed by atoms with E-state index in [0.29, 0.717) is 12.4 Å². The first-order chi connectivity index (χ1) is 9.74. The van der Waals surface area contributed by atoms with Crippen LogP contribution >= 0.6 is 0 Å². The van der Waals surface area contributed by atoms with Gasteiger partial charge in [-0.05, 0) is 6.92 Å². The molecule has 2 aromatic rings. The van der Waals surface area contributed by atoms with Gasteiger partial charge < -0.3 is 15.3 Å². The summed E-state index contributed by atoms with van der Waals surface area (Å²) in [4.78, 5) is 11.0. The minimum Gasteiger partial charge on any atom is -0.395 e. The maximum atomic E-state index is 9.06. The summed E-state index contributed by atoms with van der Waals surface area (Å²) in [7, 11) is 1.91. The van der Waals surface area contributed by atoms with Crippen LogP contribution in [0.3, 0.4) is 0 Å². The predicted octanol–water partition coefficient (Wildman–Crippen LogP) is 2.00. The monoisotopic (exact) mass is 272 g/mol. The van der Waals surface area contributed by atoms with Crippen LogP contribution in [0, 0.1) is 0 Å². The Labute approximate surface area is 119 Å². The maximum absolute atomic E-state index is 9.06. The minimum absolute atomic E-state index is 0.0950. The number of aliphatic hydroxyl groups excluding tert-OH is 1. The second-order valence-electron chi connectivity index (χ2n) is 4.48. The highest BCUT2D eigenvalue weighted by Gasteiger charge is 2.09. The Morgan fingerprint density at radius 1 is 1.20 bits per heavy atom. The lowest BCUT2D eigenvalue weighted by atomic mass is 10.2. The van der Waals surface area contributed by atoms with Crippen LogP contribution in [0.1, 0.15) is 6.92 Å². The molecule has 0 saturated carbocycles. The molecule has 0 atom stereocenters. The van der Waals surface area contributed by atoms with E-state index in [-0.39, 0.29) is 6.61 Å². The van der Waals surface area contributed by atoms with Crippen molar-refractivity contribution in [1.82, 2.24) is 9.97 Å². The SMILES string of the molecule is CCNc1cc(N(C)CCO)nc(-c2ccccc2)n1. The first kappa shape index (κ1) is 14.3. The first-order valence-electron chi connectivity index (χ1n) is 6.75. The summed E-state index contributed by atoms with van der Waals surface area (Å²) in [5.74, 6) is 2.27. The van der Waals surface area contributed by atoms with Gasteiger partial charge >= 0.3 is 0 Å². The molecule has 5 nitrogen and oxygen atoms in total. The van der Waals surface area contributed by atoms with Crippen LogP contribution < -0.4 is 10.2 Å². The van der Waals surface area contributed by atoms with Crippen molar-refractivity contribution in [3.63, 3.8) is 0 Å². The van der Waals surface area contributed by atoms with Gasteiger partial charge in [0, 0.05) is 31.8 Å². The number of rotatable bonds is 6. The van der Waals surface area contributed by atoms with Gasteiger partial charge in [0.1, 0.15) is 11.6 Å². The van der Waals surface area contributed by atoms with Gasteiger partial charge in [0.25, 0.3) is 0 Å². The molecule has 0 radical (unpaired) electrons. The molecular weight excluding hydrogens is 252 g/mol.